The largest absolute Gasteiger partial charge is 0.466 e. The topological polar surface area (TPSA) is 75.3 Å². The molecule has 0 spiro atoms. The summed E-state index contributed by atoms with van der Waals surface area (Å²) in [6, 6.07) is 1.78. The average molecular weight is 265 g/mol. The smallest absolute Gasteiger partial charge is 0.310 e. The molecular formula is C13H19N3O3. The van der Waals surface area contributed by atoms with Gasteiger partial charge < -0.3 is 9.64 Å². The number of amides is 1. The van der Waals surface area contributed by atoms with Gasteiger partial charge >= 0.3 is 5.97 Å². The highest BCUT2D eigenvalue weighted by atomic mass is 16.5. The summed E-state index contributed by atoms with van der Waals surface area (Å²) in [5.41, 5.74) is 0.795. The highest BCUT2D eigenvalue weighted by Gasteiger charge is 2.29. The second-order valence-corrected chi connectivity index (χ2v) is 4.69. The molecule has 0 aliphatic carbocycles. The van der Waals surface area contributed by atoms with Crippen molar-refractivity contribution in [1.29, 1.82) is 0 Å². The van der Waals surface area contributed by atoms with Gasteiger partial charge in [0.2, 0.25) is 5.91 Å². The Bertz CT molecular complexity index is 430. The van der Waals surface area contributed by atoms with Crippen molar-refractivity contribution < 1.29 is 14.3 Å². The minimum absolute atomic E-state index is 0.0262. The number of likely N-dealkylation sites (tertiary alicyclic amines) is 1. The van der Waals surface area contributed by atoms with Crippen LogP contribution in [0.15, 0.2) is 12.3 Å². The van der Waals surface area contributed by atoms with Gasteiger partial charge in [-0.15, -0.1) is 0 Å². The first-order valence-electron chi connectivity index (χ1n) is 6.63. The van der Waals surface area contributed by atoms with Crippen molar-refractivity contribution in [2.45, 2.75) is 26.2 Å². The van der Waals surface area contributed by atoms with Crippen LogP contribution in [0.2, 0.25) is 0 Å². The van der Waals surface area contributed by atoms with Crippen LogP contribution in [-0.4, -0.2) is 46.7 Å². The van der Waals surface area contributed by atoms with Crippen molar-refractivity contribution in [2.75, 3.05) is 19.7 Å². The van der Waals surface area contributed by atoms with Crippen LogP contribution in [0.1, 0.15) is 25.5 Å². The molecule has 1 atom stereocenters. The van der Waals surface area contributed by atoms with Crippen molar-refractivity contribution in [3.8, 4) is 0 Å². The Kier molecular flexibility index (Phi) is 4.54. The molecule has 1 N–H and O–H groups in total. The Hall–Kier alpha value is -1.85. The fourth-order valence-corrected chi connectivity index (χ4v) is 2.31. The molecule has 1 aromatic heterocycles. The first-order chi connectivity index (χ1) is 9.20. The predicted octanol–water partition coefficient (Wildman–Crippen LogP) is 0.754. The molecule has 1 aromatic rings. The SMILES string of the molecule is CCOC(=O)[C@@H]1CCCN(C(=O)Cc2ccn[nH]2)C1. The number of H-pyrrole nitrogens is 1. The quantitative estimate of drug-likeness (QED) is 0.815. The summed E-state index contributed by atoms with van der Waals surface area (Å²) in [5, 5.41) is 6.59. The molecule has 0 unspecified atom stereocenters. The number of ether oxygens (including phenoxy) is 1. The molecule has 19 heavy (non-hydrogen) atoms. The number of aromatic nitrogens is 2. The fourth-order valence-electron chi connectivity index (χ4n) is 2.31. The van der Waals surface area contributed by atoms with Crippen LogP contribution < -0.4 is 0 Å². The maximum absolute atomic E-state index is 12.1. The van der Waals surface area contributed by atoms with Crippen LogP contribution in [0.3, 0.4) is 0 Å². The summed E-state index contributed by atoms with van der Waals surface area (Å²) >= 11 is 0. The minimum Gasteiger partial charge on any atom is -0.466 e. The number of carbonyl (C=O) groups excluding carboxylic acids is 2. The van der Waals surface area contributed by atoms with Crippen LogP contribution in [-0.2, 0) is 20.7 Å². The molecule has 1 aliphatic heterocycles. The van der Waals surface area contributed by atoms with E-state index in [9.17, 15) is 9.59 Å². The number of hydrogen-bond donors (Lipinski definition) is 1. The van der Waals surface area contributed by atoms with E-state index < -0.39 is 0 Å². The number of esters is 1. The maximum Gasteiger partial charge on any atom is 0.310 e. The second-order valence-electron chi connectivity index (χ2n) is 4.69. The number of aromatic amines is 1. The summed E-state index contributed by atoms with van der Waals surface area (Å²) < 4.78 is 5.02. The van der Waals surface area contributed by atoms with E-state index in [0.717, 1.165) is 18.5 Å². The summed E-state index contributed by atoms with van der Waals surface area (Å²) in [4.78, 5) is 25.6. The minimum atomic E-state index is -0.193. The van der Waals surface area contributed by atoms with Gasteiger partial charge in [0.25, 0.3) is 0 Å². The van der Waals surface area contributed by atoms with Gasteiger partial charge in [-0.2, -0.15) is 5.10 Å². The van der Waals surface area contributed by atoms with E-state index in [1.54, 1.807) is 24.1 Å². The van der Waals surface area contributed by atoms with Crippen LogP contribution in [0.5, 0.6) is 0 Å². The van der Waals surface area contributed by atoms with Crippen LogP contribution in [0.4, 0.5) is 0 Å². The van der Waals surface area contributed by atoms with Gasteiger partial charge in [-0.05, 0) is 25.8 Å². The van der Waals surface area contributed by atoms with Gasteiger partial charge in [0, 0.05) is 25.0 Å². The molecule has 0 aromatic carbocycles. The molecule has 6 heteroatoms. The van der Waals surface area contributed by atoms with Crippen molar-refractivity contribution in [2.24, 2.45) is 5.92 Å². The third-order valence-corrected chi connectivity index (χ3v) is 3.29. The average Bonchev–Trinajstić information content (AvgIpc) is 2.92. The van der Waals surface area contributed by atoms with E-state index >= 15 is 0 Å². The predicted molar refractivity (Wildman–Crippen MR) is 68.2 cm³/mol. The normalized spacial score (nSPS) is 19.2. The zero-order valence-electron chi connectivity index (χ0n) is 11.1. The Balaban J connectivity index is 1.89. The Morgan fingerprint density at radius 3 is 3.11 bits per heavy atom. The summed E-state index contributed by atoms with van der Waals surface area (Å²) in [6.07, 6.45) is 3.57. The number of rotatable bonds is 4. The van der Waals surface area contributed by atoms with Gasteiger partial charge in [0.05, 0.1) is 18.9 Å². The van der Waals surface area contributed by atoms with E-state index in [1.807, 2.05) is 0 Å². The lowest BCUT2D eigenvalue weighted by Gasteiger charge is -2.31. The highest BCUT2D eigenvalue weighted by molar-refractivity contribution is 5.80. The first-order valence-corrected chi connectivity index (χ1v) is 6.63. The molecule has 1 fully saturated rings. The van der Waals surface area contributed by atoms with Crippen LogP contribution in [0, 0.1) is 5.92 Å². The van der Waals surface area contributed by atoms with E-state index in [-0.39, 0.29) is 17.8 Å². The summed E-state index contributed by atoms with van der Waals surface area (Å²) in [7, 11) is 0. The zero-order chi connectivity index (χ0) is 13.7. The molecule has 2 heterocycles. The van der Waals surface area contributed by atoms with Gasteiger partial charge in [-0.1, -0.05) is 0 Å². The van der Waals surface area contributed by atoms with Crippen LogP contribution in [0.25, 0.3) is 0 Å². The maximum atomic E-state index is 12.1. The third kappa shape index (κ3) is 3.56. The van der Waals surface area contributed by atoms with Crippen molar-refractivity contribution in [3.63, 3.8) is 0 Å². The second kappa shape index (κ2) is 6.36. The number of carbonyl (C=O) groups is 2. The molecule has 2 rings (SSSR count). The molecule has 0 radical (unpaired) electrons. The molecule has 6 nitrogen and oxygen atoms in total. The molecule has 0 bridgehead atoms. The standard InChI is InChI=1S/C13H19N3O3/c1-2-19-13(18)10-4-3-7-16(9-10)12(17)8-11-5-6-14-15-11/h5-6,10H,2-4,7-9H2,1H3,(H,14,15)/t10-/m1/s1. The number of nitrogens with zero attached hydrogens (tertiary/aromatic N) is 2. The number of hydrogen-bond acceptors (Lipinski definition) is 4. The van der Waals surface area contributed by atoms with Gasteiger partial charge in [0.1, 0.15) is 0 Å². The lowest BCUT2D eigenvalue weighted by Crippen LogP contribution is -2.43. The van der Waals surface area contributed by atoms with Gasteiger partial charge in [-0.25, -0.2) is 0 Å². The zero-order valence-corrected chi connectivity index (χ0v) is 11.1. The first kappa shape index (κ1) is 13.6. The van der Waals surface area contributed by atoms with E-state index in [0.29, 0.717) is 26.1 Å². The third-order valence-electron chi connectivity index (χ3n) is 3.29. The lowest BCUT2D eigenvalue weighted by atomic mass is 9.98. The summed E-state index contributed by atoms with van der Waals surface area (Å²) in [6.45, 7) is 3.36. The van der Waals surface area contributed by atoms with E-state index in [2.05, 4.69) is 10.2 Å². The Morgan fingerprint density at radius 2 is 2.42 bits per heavy atom. The molecule has 1 saturated heterocycles. The van der Waals surface area contributed by atoms with Crippen molar-refractivity contribution in [3.05, 3.63) is 18.0 Å². The number of piperidine rings is 1. The molecule has 1 aliphatic rings. The molecular weight excluding hydrogens is 246 g/mol. The monoisotopic (exact) mass is 265 g/mol. The van der Waals surface area contributed by atoms with Crippen LogP contribution >= 0.6 is 0 Å². The van der Waals surface area contributed by atoms with E-state index in [1.165, 1.54) is 0 Å². The lowest BCUT2D eigenvalue weighted by molar-refractivity contribution is -0.151. The highest BCUT2D eigenvalue weighted by Crippen LogP contribution is 2.18. The van der Waals surface area contributed by atoms with Crippen molar-refractivity contribution >= 4 is 11.9 Å². The van der Waals surface area contributed by atoms with Gasteiger partial charge in [0.15, 0.2) is 0 Å². The molecule has 1 amide bonds. The van der Waals surface area contributed by atoms with Crippen molar-refractivity contribution in [1.82, 2.24) is 15.1 Å². The number of nitrogens with one attached hydrogen (secondary N) is 1. The van der Waals surface area contributed by atoms with Gasteiger partial charge in [-0.3, -0.25) is 14.7 Å². The fraction of sp³-hybridized carbons (Fsp3) is 0.615. The Labute approximate surface area is 112 Å². The molecule has 0 saturated carbocycles. The molecule has 104 valence electrons. The van der Waals surface area contributed by atoms with E-state index in [4.69, 9.17) is 4.74 Å². The summed E-state index contributed by atoms with van der Waals surface area (Å²) in [5.74, 6) is -0.348. The Morgan fingerprint density at radius 1 is 1.58 bits per heavy atom.